The molecule has 0 bridgehead atoms. The summed E-state index contributed by atoms with van der Waals surface area (Å²) in [7, 11) is -3.04. The van der Waals surface area contributed by atoms with Crippen molar-refractivity contribution < 1.29 is 22.7 Å². The highest BCUT2D eigenvalue weighted by molar-refractivity contribution is 7.91. The number of aryl methyl sites for hydroxylation is 1. The van der Waals surface area contributed by atoms with Crippen molar-refractivity contribution in [3.8, 4) is 0 Å². The van der Waals surface area contributed by atoms with E-state index in [0.717, 1.165) is 5.56 Å². The van der Waals surface area contributed by atoms with Gasteiger partial charge in [-0.05, 0) is 24.8 Å². The van der Waals surface area contributed by atoms with Gasteiger partial charge in [0.2, 0.25) is 0 Å². The van der Waals surface area contributed by atoms with E-state index in [4.69, 9.17) is 4.74 Å². The Bertz CT molecular complexity index is 667. The van der Waals surface area contributed by atoms with Crippen LogP contribution in [0.15, 0.2) is 5.38 Å². The quantitative estimate of drug-likeness (QED) is 0.837. The number of carbonyl (C=O) groups excluding carboxylic acids is 2. The maximum absolute atomic E-state index is 12.2. The van der Waals surface area contributed by atoms with Crippen LogP contribution in [0.5, 0.6) is 0 Å². The predicted octanol–water partition coefficient (Wildman–Crippen LogP) is 1.50. The fourth-order valence-electron chi connectivity index (χ4n) is 2.08. The number of hydrogen-bond acceptors (Lipinski definition) is 6. The summed E-state index contributed by atoms with van der Waals surface area (Å²) in [5.74, 6) is -0.541. The van der Waals surface area contributed by atoms with Gasteiger partial charge in [0.15, 0.2) is 9.84 Å². The molecule has 1 N–H and O–H groups in total. The number of nitrogens with zero attached hydrogens (tertiary/aromatic N) is 1. The van der Waals surface area contributed by atoms with Gasteiger partial charge in [0.1, 0.15) is 5.00 Å². The van der Waals surface area contributed by atoms with Crippen LogP contribution < -0.4 is 5.32 Å². The zero-order chi connectivity index (χ0) is 16.3. The number of carbonyl (C=O) groups is 2. The first kappa shape index (κ1) is 16.8. The molecule has 0 atom stereocenters. The summed E-state index contributed by atoms with van der Waals surface area (Å²) in [4.78, 5) is 25.6. The van der Waals surface area contributed by atoms with Crippen molar-refractivity contribution in [3.05, 3.63) is 16.5 Å². The SMILES string of the molecule is CCOC(=O)c1c(C)csc1NC(=O)N1CCS(=O)(=O)CC1. The molecule has 0 spiro atoms. The summed E-state index contributed by atoms with van der Waals surface area (Å²) >= 11 is 1.24. The Morgan fingerprint density at radius 3 is 2.59 bits per heavy atom. The monoisotopic (exact) mass is 346 g/mol. The molecule has 22 heavy (non-hydrogen) atoms. The molecule has 1 fully saturated rings. The summed E-state index contributed by atoms with van der Waals surface area (Å²) in [5.41, 5.74) is 1.09. The Morgan fingerprint density at radius 2 is 2.00 bits per heavy atom. The average molecular weight is 346 g/mol. The molecule has 0 saturated carbocycles. The third-order valence-corrected chi connectivity index (χ3v) is 5.93. The predicted molar refractivity (Wildman–Crippen MR) is 84.3 cm³/mol. The minimum Gasteiger partial charge on any atom is -0.462 e. The van der Waals surface area contributed by atoms with E-state index < -0.39 is 21.8 Å². The van der Waals surface area contributed by atoms with Crippen molar-refractivity contribution in [2.24, 2.45) is 0 Å². The van der Waals surface area contributed by atoms with Crippen LogP contribution in [0, 0.1) is 6.92 Å². The third-order valence-electron chi connectivity index (χ3n) is 3.31. The lowest BCUT2D eigenvalue weighted by Gasteiger charge is -2.26. The summed E-state index contributed by atoms with van der Waals surface area (Å²) in [5, 5.41) is 4.87. The Labute approximate surface area is 133 Å². The fourth-order valence-corrected chi connectivity index (χ4v) is 4.21. The molecule has 122 valence electrons. The van der Waals surface area contributed by atoms with Gasteiger partial charge < -0.3 is 9.64 Å². The van der Waals surface area contributed by atoms with Crippen LogP contribution in [-0.2, 0) is 14.6 Å². The van der Waals surface area contributed by atoms with Gasteiger partial charge in [-0.3, -0.25) is 5.32 Å². The van der Waals surface area contributed by atoms with Crippen LogP contribution in [0.1, 0.15) is 22.8 Å². The maximum Gasteiger partial charge on any atom is 0.341 e. The Morgan fingerprint density at radius 1 is 1.36 bits per heavy atom. The Kier molecular flexibility index (Phi) is 5.07. The zero-order valence-corrected chi connectivity index (χ0v) is 14.1. The minimum atomic E-state index is -3.04. The lowest BCUT2D eigenvalue weighted by atomic mass is 10.2. The van der Waals surface area contributed by atoms with E-state index in [1.807, 2.05) is 0 Å². The highest BCUT2D eigenvalue weighted by atomic mass is 32.2. The maximum atomic E-state index is 12.2. The van der Waals surface area contributed by atoms with Crippen molar-refractivity contribution in [3.63, 3.8) is 0 Å². The average Bonchev–Trinajstić information content (AvgIpc) is 2.79. The second kappa shape index (κ2) is 6.66. The summed E-state index contributed by atoms with van der Waals surface area (Å²) in [6, 6.07) is -0.401. The largest absolute Gasteiger partial charge is 0.462 e. The van der Waals surface area contributed by atoms with Gasteiger partial charge in [-0.1, -0.05) is 0 Å². The number of amides is 2. The third kappa shape index (κ3) is 3.77. The second-order valence-corrected chi connectivity index (χ2v) is 8.10. The lowest BCUT2D eigenvalue weighted by Crippen LogP contribution is -2.45. The molecule has 0 radical (unpaired) electrons. The van der Waals surface area contributed by atoms with Crippen LogP contribution in [-0.4, -0.2) is 56.5 Å². The van der Waals surface area contributed by atoms with E-state index >= 15 is 0 Å². The molecule has 1 aromatic rings. The highest BCUT2D eigenvalue weighted by Crippen LogP contribution is 2.28. The zero-order valence-electron chi connectivity index (χ0n) is 12.4. The fraction of sp³-hybridized carbons (Fsp3) is 0.538. The first-order valence-electron chi connectivity index (χ1n) is 6.85. The molecule has 9 heteroatoms. The topological polar surface area (TPSA) is 92.8 Å². The van der Waals surface area contributed by atoms with Gasteiger partial charge in [-0.15, -0.1) is 11.3 Å². The van der Waals surface area contributed by atoms with Crippen LogP contribution in [0.2, 0.25) is 0 Å². The number of ether oxygens (including phenoxy) is 1. The first-order chi connectivity index (χ1) is 10.3. The number of nitrogens with one attached hydrogen (secondary N) is 1. The first-order valence-corrected chi connectivity index (χ1v) is 9.55. The molecular weight excluding hydrogens is 328 g/mol. The molecule has 1 aliphatic rings. The lowest BCUT2D eigenvalue weighted by molar-refractivity contribution is 0.0527. The molecule has 0 aromatic carbocycles. The van der Waals surface area contributed by atoms with Gasteiger partial charge >= 0.3 is 12.0 Å². The molecule has 7 nitrogen and oxygen atoms in total. The molecule has 2 rings (SSSR count). The smallest absolute Gasteiger partial charge is 0.341 e. The van der Waals surface area contributed by atoms with E-state index in [0.29, 0.717) is 10.6 Å². The van der Waals surface area contributed by atoms with Crippen molar-refractivity contribution in [1.29, 1.82) is 0 Å². The summed E-state index contributed by atoms with van der Waals surface area (Å²) in [6.07, 6.45) is 0. The van der Waals surface area contributed by atoms with E-state index in [-0.39, 0.29) is 31.2 Å². The number of esters is 1. The highest BCUT2D eigenvalue weighted by Gasteiger charge is 2.27. The summed E-state index contributed by atoms with van der Waals surface area (Å²) in [6.45, 7) is 4.06. The number of hydrogen-bond donors (Lipinski definition) is 1. The molecule has 2 amide bonds. The van der Waals surface area contributed by atoms with Crippen LogP contribution in [0.4, 0.5) is 9.80 Å². The van der Waals surface area contributed by atoms with E-state index in [2.05, 4.69) is 5.32 Å². The number of sulfone groups is 1. The number of rotatable bonds is 3. The number of thiophene rings is 1. The van der Waals surface area contributed by atoms with Gasteiger partial charge in [0, 0.05) is 13.1 Å². The number of anilines is 1. The molecule has 1 aromatic heterocycles. The van der Waals surface area contributed by atoms with Gasteiger partial charge in [-0.2, -0.15) is 0 Å². The molecule has 0 unspecified atom stereocenters. The Hall–Kier alpha value is -1.61. The molecule has 1 saturated heterocycles. The van der Waals surface area contributed by atoms with Crippen molar-refractivity contribution in [2.45, 2.75) is 13.8 Å². The van der Waals surface area contributed by atoms with Crippen molar-refractivity contribution >= 4 is 38.2 Å². The van der Waals surface area contributed by atoms with Crippen LogP contribution >= 0.6 is 11.3 Å². The standard InChI is InChI=1S/C13H18N2O5S2/c1-3-20-12(16)10-9(2)8-21-11(10)14-13(17)15-4-6-22(18,19)7-5-15/h8H,3-7H2,1-2H3,(H,14,17). The van der Waals surface area contributed by atoms with Crippen molar-refractivity contribution in [1.82, 2.24) is 4.90 Å². The molecule has 1 aliphatic heterocycles. The minimum absolute atomic E-state index is 0.0331. The summed E-state index contributed by atoms with van der Waals surface area (Å²) < 4.78 is 27.7. The van der Waals surface area contributed by atoms with E-state index in [1.54, 1.807) is 19.2 Å². The normalized spacial score (nSPS) is 17.1. The van der Waals surface area contributed by atoms with Crippen molar-refractivity contribution in [2.75, 3.05) is 36.5 Å². The molecule has 0 aliphatic carbocycles. The molecular formula is C13H18N2O5S2. The molecule has 2 heterocycles. The second-order valence-electron chi connectivity index (χ2n) is 4.91. The van der Waals surface area contributed by atoms with Crippen LogP contribution in [0.3, 0.4) is 0 Å². The Balaban J connectivity index is 2.08. The van der Waals surface area contributed by atoms with Crippen LogP contribution in [0.25, 0.3) is 0 Å². The van der Waals surface area contributed by atoms with E-state index in [1.165, 1.54) is 16.2 Å². The van der Waals surface area contributed by atoms with Gasteiger partial charge in [-0.25, -0.2) is 18.0 Å². The number of urea groups is 1. The van der Waals surface area contributed by atoms with E-state index in [9.17, 15) is 18.0 Å². The van der Waals surface area contributed by atoms with Gasteiger partial charge in [0.25, 0.3) is 0 Å². The van der Waals surface area contributed by atoms with Gasteiger partial charge in [0.05, 0.1) is 23.7 Å².